The fourth-order valence-corrected chi connectivity index (χ4v) is 3.82. The average molecular weight is 442 g/mol. The van der Waals surface area contributed by atoms with E-state index >= 15 is 0 Å². The maximum absolute atomic E-state index is 12.2. The van der Waals surface area contributed by atoms with Crippen LogP contribution in [0.5, 0.6) is 0 Å². The lowest BCUT2D eigenvalue weighted by atomic mass is 9.86. The molecule has 1 saturated heterocycles. The van der Waals surface area contributed by atoms with E-state index in [0.717, 1.165) is 32.1 Å². The number of rotatable bonds is 17. The van der Waals surface area contributed by atoms with Crippen LogP contribution in [0.25, 0.3) is 0 Å². The lowest BCUT2D eigenvalue weighted by molar-refractivity contribution is -0.190. The summed E-state index contributed by atoms with van der Waals surface area (Å²) in [5, 5.41) is 0. The van der Waals surface area contributed by atoms with Crippen LogP contribution in [0.15, 0.2) is 0 Å². The molecule has 1 fully saturated rings. The molecule has 0 aromatic heterocycles. The van der Waals surface area contributed by atoms with Gasteiger partial charge in [0.25, 0.3) is 0 Å². The van der Waals surface area contributed by atoms with Crippen LogP contribution >= 0.6 is 0 Å². The number of ether oxygens (including phenoxy) is 2. The van der Waals surface area contributed by atoms with Crippen molar-refractivity contribution in [3.8, 4) is 0 Å². The van der Waals surface area contributed by atoms with Crippen LogP contribution in [0.4, 0.5) is 0 Å². The fourth-order valence-electron chi connectivity index (χ4n) is 3.82. The third-order valence-electron chi connectivity index (χ3n) is 5.74. The highest BCUT2D eigenvalue weighted by Crippen LogP contribution is 2.32. The average Bonchev–Trinajstić information content (AvgIpc) is 2.72. The monoisotopic (exact) mass is 441 g/mol. The molecule has 0 aliphatic carbocycles. The van der Waals surface area contributed by atoms with E-state index < -0.39 is 0 Å². The van der Waals surface area contributed by atoms with Crippen LogP contribution in [0.3, 0.4) is 0 Å². The first-order valence-corrected chi connectivity index (χ1v) is 12.4. The van der Waals surface area contributed by atoms with E-state index in [1.165, 1.54) is 44.9 Å². The van der Waals surface area contributed by atoms with Gasteiger partial charge in [0.15, 0.2) is 0 Å². The van der Waals surface area contributed by atoms with E-state index in [-0.39, 0.29) is 36.5 Å². The number of hydrogen-bond donors (Lipinski definition) is 1. The minimum Gasteiger partial charge on any atom is -0.462 e. The maximum atomic E-state index is 12.2. The third kappa shape index (κ3) is 14.9. The van der Waals surface area contributed by atoms with Crippen LogP contribution in [-0.2, 0) is 23.9 Å². The van der Waals surface area contributed by atoms with Crippen molar-refractivity contribution in [3.63, 3.8) is 0 Å². The van der Waals surface area contributed by atoms with E-state index in [4.69, 9.17) is 14.3 Å². The zero-order chi connectivity index (χ0) is 23.5. The van der Waals surface area contributed by atoms with Crippen molar-refractivity contribution in [2.75, 3.05) is 0 Å². The number of nitrogens with two attached hydrogens (primary N) is 1. The minimum atomic E-state index is -0.113. The zero-order valence-corrected chi connectivity index (χ0v) is 20.4. The Hall–Kier alpha value is -1.59. The molecule has 31 heavy (non-hydrogen) atoms. The largest absolute Gasteiger partial charge is 0.462 e. The van der Waals surface area contributed by atoms with Crippen LogP contribution in [0, 0.1) is 11.8 Å². The van der Waals surface area contributed by atoms with Crippen molar-refractivity contribution < 1.29 is 23.9 Å². The van der Waals surface area contributed by atoms with Gasteiger partial charge in [-0.05, 0) is 31.6 Å². The van der Waals surface area contributed by atoms with Gasteiger partial charge in [-0.3, -0.25) is 14.4 Å². The Morgan fingerprint density at radius 1 is 1.03 bits per heavy atom. The molecule has 6 heteroatoms. The summed E-state index contributed by atoms with van der Waals surface area (Å²) in [7, 11) is 0. The molecule has 6 nitrogen and oxygen atoms in total. The molecular formula is C25H47NO5. The van der Waals surface area contributed by atoms with E-state index in [2.05, 4.69) is 33.4 Å². The quantitative estimate of drug-likeness (QED) is 0.177. The number of unbranched alkanes of at least 4 members (excludes halogenated alkanes) is 7. The highest BCUT2D eigenvalue weighted by atomic mass is 16.6. The molecule has 0 saturated carbocycles. The van der Waals surface area contributed by atoms with Crippen LogP contribution < -0.4 is 5.73 Å². The van der Waals surface area contributed by atoms with E-state index in [9.17, 15) is 9.59 Å². The standard InChI is InChI=1S/C24H44O4.CH3NO/c1-5-7-9-11-12-14-20(27-23(25)17-16-19(3)4)18-22-21(24(26)28-22)15-13-10-8-6-2;2-1-3/h19-22H,5-18H2,1-4H3;1H,(H2,2,3)/t20-,21-,22-;/m0./s1. The molecule has 1 aliphatic heterocycles. The first kappa shape index (κ1) is 29.4. The summed E-state index contributed by atoms with van der Waals surface area (Å²) in [6, 6.07) is 0. The van der Waals surface area contributed by atoms with Gasteiger partial charge in [-0.25, -0.2) is 0 Å². The SMILES string of the molecule is CCCCCCC[C@@H](C[C@@H]1OC(=O)[C@H]1CCCCCC)OC(=O)CCC(C)C.NC=O. The Morgan fingerprint density at radius 2 is 1.61 bits per heavy atom. The van der Waals surface area contributed by atoms with Crippen molar-refractivity contribution in [3.05, 3.63) is 0 Å². The maximum Gasteiger partial charge on any atom is 0.313 e. The Kier molecular flexibility index (Phi) is 18.1. The summed E-state index contributed by atoms with van der Waals surface area (Å²) >= 11 is 0. The van der Waals surface area contributed by atoms with Crippen molar-refractivity contribution in [1.29, 1.82) is 0 Å². The highest BCUT2D eigenvalue weighted by molar-refractivity contribution is 5.78. The van der Waals surface area contributed by atoms with E-state index in [1.54, 1.807) is 0 Å². The van der Waals surface area contributed by atoms with Crippen molar-refractivity contribution in [2.45, 2.75) is 130 Å². The fraction of sp³-hybridized carbons (Fsp3) is 0.880. The Bertz CT molecular complexity index is 481. The summed E-state index contributed by atoms with van der Waals surface area (Å²) in [5.41, 5.74) is 4.17. The number of hydrogen-bond acceptors (Lipinski definition) is 5. The molecule has 0 aromatic rings. The lowest BCUT2D eigenvalue weighted by Gasteiger charge is -2.37. The van der Waals surface area contributed by atoms with Crippen LogP contribution in [0.1, 0.15) is 118 Å². The summed E-state index contributed by atoms with van der Waals surface area (Å²) in [4.78, 5) is 32.7. The number of cyclic esters (lactones) is 1. The summed E-state index contributed by atoms with van der Waals surface area (Å²) < 4.78 is 11.2. The number of primary amides is 1. The van der Waals surface area contributed by atoms with Crippen molar-refractivity contribution in [1.82, 2.24) is 0 Å². The molecule has 0 spiro atoms. The van der Waals surface area contributed by atoms with E-state index in [1.807, 2.05) is 0 Å². The predicted octanol–water partition coefficient (Wildman–Crippen LogP) is 5.70. The number of carbonyl (C=O) groups excluding carboxylic acids is 3. The second-order valence-corrected chi connectivity index (χ2v) is 9.05. The number of amides is 1. The first-order valence-electron chi connectivity index (χ1n) is 12.4. The van der Waals surface area contributed by atoms with Crippen molar-refractivity contribution >= 4 is 18.3 Å². The van der Waals surface area contributed by atoms with Crippen molar-refractivity contribution in [2.24, 2.45) is 17.6 Å². The summed E-state index contributed by atoms with van der Waals surface area (Å²) in [6.45, 7) is 8.65. The number of carbonyl (C=O) groups is 3. The third-order valence-corrected chi connectivity index (χ3v) is 5.74. The van der Waals surface area contributed by atoms with Gasteiger partial charge in [0, 0.05) is 12.8 Å². The van der Waals surface area contributed by atoms with Gasteiger partial charge < -0.3 is 15.2 Å². The van der Waals surface area contributed by atoms with Gasteiger partial charge in [-0.15, -0.1) is 0 Å². The topological polar surface area (TPSA) is 95.7 Å². The molecule has 0 unspecified atom stereocenters. The van der Waals surface area contributed by atoms with Crippen LogP contribution in [0.2, 0.25) is 0 Å². The van der Waals surface area contributed by atoms with Gasteiger partial charge >= 0.3 is 11.9 Å². The van der Waals surface area contributed by atoms with Crippen LogP contribution in [-0.4, -0.2) is 30.6 Å². The molecule has 0 aromatic carbocycles. The second kappa shape index (κ2) is 19.1. The smallest absolute Gasteiger partial charge is 0.313 e. The first-order chi connectivity index (χ1) is 14.9. The Balaban J connectivity index is 0.00000282. The normalized spacial score (nSPS) is 18.4. The summed E-state index contributed by atoms with van der Waals surface area (Å²) in [6.07, 6.45) is 14.5. The highest BCUT2D eigenvalue weighted by Gasteiger charge is 2.43. The summed E-state index contributed by atoms with van der Waals surface area (Å²) in [5.74, 6) is 0.348. The Labute approximate surface area is 190 Å². The molecule has 0 bridgehead atoms. The molecule has 2 N–H and O–H groups in total. The molecule has 182 valence electrons. The van der Waals surface area contributed by atoms with E-state index in [0.29, 0.717) is 18.8 Å². The molecule has 3 atom stereocenters. The molecule has 1 rings (SSSR count). The van der Waals surface area contributed by atoms with Gasteiger partial charge in [-0.2, -0.15) is 0 Å². The van der Waals surface area contributed by atoms with Gasteiger partial charge in [0.2, 0.25) is 6.41 Å². The molecule has 0 radical (unpaired) electrons. The number of esters is 2. The molecule has 1 amide bonds. The molecular weight excluding hydrogens is 394 g/mol. The second-order valence-electron chi connectivity index (χ2n) is 9.05. The van der Waals surface area contributed by atoms with Gasteiger partial charge in [0.1, 0.15) is 12.2 Å². The molecule has 1 aliphatic rings. The predicted molar refractivity (Wildman–Crippen MR) is 124 cm³/mol. The zero-order valence-electron chi connectivity index (χ0n) is 20.4. The molecule has 1 heterocycles. The lowest BCUT2D eigenvalue weighted by Crippen LogP contribution is -2.47. The van der Waals surface area contributed by atoms with Gasteiger partial charge in [0.05, 0.1) is 5.92 Å². The minimum absolute atomic E-state index is 0.00816. The Morgan fingerprint density at radius 3 is 2.16 bits per heavy atom. The van der Waals surface area contributed by atoms with Gasteiger partial charge in [-0.1, -0.05) is 79.1 Å².